The number of hydrogen-bond acceptors (Lipinski definition) is 5. The highest BCUT2D eigenvalue weighted by Gasteiger charge is 2.47. The molecule has 0 spiro atoms. The van der Waals surface area contributed by atoms with Crippen LogP contribution >= 0.6 is 15.9 Å². The lowest BCUT2D eigenvalue weighted by atomic mass is 10.1. The zero-order valence-electron chi connectivity index (χ0n) is 17.5. The molecule has 1 aliphatic heterocycles. The summed E-state index contributed by atoms with van der Waals surface area (Å²) in [6.07, 6.45) is -4.13. The molecule has 1 saturated heterocycles. The molecule has 0 aliphatic carbocycles. The Morgan fingerprint density at radius 2 is 2.00 bits per heavy atom. The van der Waals surface area contributed by atoms with Crippen molar-refractivity contribution >= 4 is 38.6 Å². The van der Waals surface area contributed by atoms with E-state index in [-0.39, 0.29) is 18.7 Å². The number of nitrogens with one attached hydrogen (secondary N) is 1. The molecule has 34 heavy (non-hydrogen) atoms. The predicted octanol–water partition coefficient (Wildman–Crippen LogP) is 4.65. The van der Waals surface area contributed by atoms with Crippen molar-refractivity contribution < 1.29 is 23.1 Å². The Morgan fingerprint density at radius 3 is 2.76 bits per heavy atom. The molecule has 1 aliphatic rings. The molecule has 12 heteroatoms. The summed E-state index contributed by atoms with van der Waals surface area (Å²) in [7, 11) is 0. The molecule has 4 aromatic rings. The van der Waals surface area contributed by atoms with Crippen LogP contribution in [0.1, 0.15) is 18.0 Å². The van der Waals surface area contributed by atoms with Gasteiger partial charge in [0.15, 0.2) is 11.5 Å². The van der Waals surface area contributed by atoms with E-state index in [9.17, 15) is 18.0 Å². The van der Waals surface area contributed by atoms with Crippen molar-refractivity contribution in [3.05, 3.63) is 58.7 Å². The van der Waals surface area contributed by atoms with Gasteiger partial charge >= 0.3 is 12.3 Å². The van der Waals surface area contributed by atoms with E-state index in [2.05, 4.69) is 36.4 Å². The van der Waals surface area contributed by atoms with Crippen LogP contribution in [-0.2, 0) is 0 Å². The maximum Gasteiger partial charge on any atom is 0.408 e. The van der Waals surface area contributed by atoms with Gasteiger partial charge in [-0.05, 0) is 46.1 Å². The monoisotopic (exact) mass is 534 g/mol. The van der Waals surface area contributed by atoms with Gasteiger partial charge in [0.25, 0.3) is 0 Å². The smallest absolute Gasteiger partial charge is 0.408 e. The van der Waals surface area contributed by atoms with Crippen LogP contribution in [0.5, 0.6) is 0 Å². The van der Waals surface area contributed by atoms with Gasteiger partial charge in [-0.25, -0.2) is 9.78 Å². The fourth-order valence-electron chi connectivity index (χ4n) is 4.40. The minimum atomic E-state index is -4.56. The lowest BCUT2D eigenvalue weighted by Crippen LogP contribution is -2.40. The predicted molar refractivity (Wildman–Crippen MR) is 121 cm³/mol. The van der Waals surface area contributed by atoms with Crippen LogP contribution < -0.4 is 5.32 Å². The molecule has 1 unspecified atom stereocenters. The molecule has 2 atom stereocenters. The molecule has 2 N–H and O–H groups in total. The Kier molecular flexibility index (Phi) is 5.64. The van der Waals surface area contributed by atoms with Crippen LogP contribution in [0, 0.1) is 0 Å². The Labute approximate surface area is 199 Å². The van der Waals surface area contributed by atoms with E-state index < -0.39 is 24.4 Å². The van der Waals surface area contributed by atoms with Gasteiger partial charge in [-0.2, -0.15) is 13.2 Å². The van der Waals surface area contributed by atoms with Crippen molar-refractivity contribution in [1.29, 1.82) is 0 Å². The highest BCUT2D eigenvalue weighted by Crippen LogP contribution is 2.39. The summed E-state index contributed by atoms with van der Waals surface area (Å²) in [5, 5.41) is 20.4. The summed E-state index contributed by atoms with van der Waals surface area (Å²) in [6.45, 7) is 0.0757. The van der Waals surface area contributed by atoms with Crippen LogP contribution in [0.4, 0.5) is 18.0 Å². The standard InChI is InChI=1S/C22H18BrF3N6O2/c23-15-3-1-2-12-4-6-16(28-18(12)15)20-30-29-17-7-5-13(10-32(17)20)19(22(24,25)26)31-9-8-14(11-31)27-21(33)34/h1-7,10,14,19,27H,8-9,11H2,(H,33,34)/t14?,19-/m1/s1. The zero-order chi connectivity index (χ0) is 24.0. The summed E-state index contributed by atoms with van der Waals surface area (Å²) in [5.41, 5.74) is 1.58. The highest BCUT2D eigenvalue weighted by molar-refractivity contribution is 9.10. The van der Waals surface area contributed by atoms with Crippen molar-refractivity contribution in [3.8, 4) is 11.5 Å². The second kappa shape index (κ2) is 8.51. The fraction of sp³-hybridized carbons (Fsp3) is 0.273. The normalized spacial score (nSPS) is 17.9. The Morgan fingerprint density at radius 1 is 1.18 bits per heavy atom. The lowest BCUT2D eigenvalue weighted by Gasteiger charge is -2.30. The van der Waals surface area contributed by atoms with E-state index in [4.69, 9.17) is 5.11 Å². The molecule has 1 aromatic carbocycles. The molecular weight excluding hydrogens is 517 g/mol. The Hall–Kier alpha value is -3.25. The van der Waals surface area contributed by atoms with Crippen molar-refractivity contribution in [2.45, 2.75) is 24.7 Å². The average molecular weight is 535 g/mol. The van der Waals surface area contributed by atoms with Gasteiger partial charge in [-0.1, -0.05) is 24.3 Å². The maximum atomic E-state index is 14.2. The van der Waals surface area contributed by atoms with E-state index in [0.717, 1.165) is 9.86 Å². The number of alkyl halides is 3. The molecule has 4 heterocycles. The van der Waals surface area contributed by atoms with Crippen molar-refractivity contribution in [2.75, 3.05) is 13.1 Å². The van der Waals surface area contributed by atoms with Crippen LogP contribution in [-0.4, -0.2) is 61.0 Å². The van der Waals surface area contributed by atoms with Gasteiger partial charge in [-0.15, -0.1) is 10.2 Å². The van der Waals surface area contributed by atoms with Gasteiger partial charge < -0.3 is 10.4 Å². The molecule has 1 fully saturated rings. The number of benzene rings is 1. The number of amides is 1. The third-order valence-electron chi connectivity index (χ3n) is 5.86. The number of nitrogens with zero attached hydrogens (tertiary/aromatic N) is 5. The van der Waals surface area contributed by atoms with E-state index in [1.807, 2.05) is 24.3 Å². The molecular formula is C22H18BrF3N6O2. The second-order valence-corrected chi connectivity index (χ2v) is 8.95. The van der Waals surface area contributed by atoms with Crippen molar-refractivity contribution in [2.24, 2.45) is 0 Å². The molecule has 3 aromatic heterocycles. The van der Waals surface area contributed by atoms with Crippen molar-refractivity contribution in [1.82, 2.24) is 29.8 Å². The van der Waals surface area contributed by atoms with Crippen LogP contribution in [0.15, 0.2) is 53.1 Å². The summed E-state index contributed by atoms with van der Waals surface area (Å²) < 4.78 is 44.8. The molecule has 176 valence electrons. The maximum absolute atomic E-state index is 14.2. The van der Waals surface area contributed by atoms with Crippen LogP contribution in [0.2, 0.25) is 0 Å². The first kappa shape index (κ1) is 22.5. The number of carbonyl (C=O) groups is 1. The van der Waals surface area contributed by atoms with Crippen LogP contribution in [0.3, 0.4) is 0 Å². The number of halogens is 4. The lowest BCUT2D eigenvalue weighted by molar-refractivity contribution is -0.184. The number of likely N-dealkylation sites (tertiary alicyclic amines) is 1. The van der Waals surface area contributed by atoms with Gasteiger partial charge in [0.05, 0.1) is 5.52 Å². The summed E-state index contributed by atoms with van der Waals surface area (Å²) in [6, 6.07) is 9.69. The molecule has 0 radical (unpaired) electrons. The van der Waals surface area contributed by atoms with Crippen molar-refractivity contribution in [3.63, 3.8) is 0 Å². The minimum absolute atomic E-state index is 0.0130. The largest absolute Gasteiger partial charge is 0.465 e. The Balaban J connectivity index is 1.55. The topological polar surface area (TPSA) is 95.7 Å². The van der Waals surface area contributed by atoms with E-state index in [0.29, 0.717) is 29.1 Å². The van der Waals surface area contributed by atoms with Crippen LogP contribution in [0.25, 0.3) is 28.1 Å². The first-order valence-corrected chi connectivity index (χ1v) is 11.2. The molecule has 1 amide bonds. The summed E-state index contributed by atoms with van der Waals surface area (Å²) in [5.74, 6) is 0.322. The third kappa shape index (κ3) is 4.18. The molecule has 8 nitrogen and oxygen atoms in total. The van der Waals surface area contributed by atoms with E-state index in [1.165, 1.54) is 27.6 Å². The van der Waals surface area contributed by atoms with Gasteiger partial charge in [0.1, 0.15) is 11.7 Å². The summed E-state index contributed by atoms with van der Waals surface area (Å²) >= 11 is 3.48. The van der Waals surface area contributed by atoms with Gasteiger partial charge in [0, 0.05) is 35.2 Å². The Bertz CT molecular complexity index is 1390. The minimum Gasteiger partial charge on any atom is -0.465 e. The number of carboxylic acid groups (broad SMARTS) is 1. The fourth-order valence-corrected chi connectivity index (χ4v) is 4.87. The van der Waals surface area contributed by atoms with E-state index >= 15 is 0 Å². The molecule has 0 bridgehead atoms. The number of aromatic nitrogens is 4. The molecule has 0 saturated carbocycles. The third-order valence-corrected chi connectivity index (χ3v) is 6.50. The summed E-state index contributed by atoms with van der Waals surface area (Å²) in [4.78, 5) is 16.8. The number of para-hydroxylation sites is 1. The number of fused-ring (bicyclic) bond motifs is 2. The molecule has 5 rings (SSSR count). The van der Waals surface area contributed by atoms with Gasteiger partial charge in [-0.3, -0.25) is 9.30 Å². The number of hydrogen-bond donors (Lipinski definition) is 2. The SMILES string of the molecule is O=C(O)NC1CCN([C@H](c2ccc3nnc(-c4ccc5cccc(Br)c5n4)n3c2)C(F)(F)F)C1. The second-order valence-electron chi connectivity index (χ2n) is 8.10. The van der Waals surface area contributed by atoms with E-state index in [1.54, 1.807) is 6.07 Å². The first-order valence-electron chi connectivity index (χ1n) is 10.4. The quantitative estimate of drug-likeness (QED) is 0.395. The zero-order valence-corrected chi connectivity index (χ0v) is 19.1. The number of rotatable bonds is 4. The average Bonchev–Trinajstić information content (AvgIpc) is 3.39. The number of pyridine rings is 2. The highest BCUT2D eigenvalue weighted by atomic mass is 79.9. The first-order chi connectivity index (χ1) is 16.2. The van der Waals surface area contributed by atoms with Gasteiger partial charge in [0.2, 0.25) is 0 Å².